The molecule has 0 aromatic heterocycles. The number of nitrogens with two attached hydrogens (primary N) is 1. The number of nitriles is 1. The molecule has 0 aliphatic carbocycles. The summed E-state index contributed by atoms with van der Waals surface area (Å²) in [5.74, 6) is 0.562. The van der Waals surface area contributed by atoms with Gasteiger partial charge in [0.15, 0.2) is 12.5 Å². The van der Waals surface area contributed by atoms with Gasteiger partial charge in [-0.25, -0.2) is 0 Å². The van der Waals surface area contributed by atoms with Gasteiger partial charge in [-0.3, -0.25) is 0 Å². The average molecular weight is 304 g/mol. The van der Waals surface area contributed by atoms with E-state index in [1.54, 1.807) is 12.1 Å². The summed E-state index contributed by atoms with van der Waals surface area (Å²) < 4.78 is 10.8. The first-order valence-electron chi connectivity index (χ1n) is 3.80. The Morgan fingerprint density at radius 3 is 2.79 bits per heavy atom. The van der Waals surface area contributed by atoms with Gasteiger partial charge in [-0.2, -0.15) is 5.26 Å². The molecule has 0 heterocycles. The summed E-state index contributed by atoms with van der Waals surface area (Å²) in [7, 11) is 1.53. The van der Waals surface area contributed by atoms with Gasteiger partial charge in [0.2, 0.25) is 0 Å². The van der Waals surface area contributed by atoms with E-state index in [9.17, 15) is 0 Å². The van der Waals surface area contributed by atoms with Gasteiger partial charge in [-0.1, -0.05) is 0 Å². The highest BCUT2D eigenvalue weighted by atomic mass is 127. The second-order valence-electron chi connectivity index (χ2n) is 2.54. The first-order chi connectivity index (χ1) is 6.69. The number of methoxy groups -OCH3 is 1. The van der Waals surface area contributed by atoms with Crippen molar-refractivity contribution < 1.29 is 9.47 Å². The lowest BCUT2D eigenvalue weighted by molar-refractivity contribution is 0.0510. The molecular weight excluding hydrogens is 295 g/mol. The maximum absolute atomic E-state index is 8.68. The smallest absolute Gasteiger partial charge is 0.188 e. The van der Waals surface area contributed by atoms with Crippen molar-refractivity contribution >= 4 is 28.3 Å². The highest BCUT2D eigenvalue weighted by molar-refractivity contribution is 14.1. The third-order valence-corrected chi connectivity index (χ3v) is 2.32. The summed E-state index contributed by atoms with van der Waals surface area (Å²) in [5.41, 5.74) is 6.68. The molecule has 0 fully saturated rings. The van der Waals surface area contributed by atoms with E-state index < -0.39 is 0 Å². The third-order valence-electron chi connectivity index (χ3n) is 1.52. The van der Waals surface area contributed by atoms with E-state index in [0.29, 0.717) is 17.0 Å². The topological polar surface area (TPSA) is 68.3 Å². The van der Waals surface area contributed by atoms with E-state index >= 15 is 0 Å². The summed E-state index contributed by atoms with van der Waals surface area (Å²) in [4.78, 5) is 0. The maximum atomic E-state index is 8.68. The fourth-order valence-corrected chi connectivity index (χ4v) is 1.75. The van der Waals surface area contributed by atoms with Crippen LogP contribution in [0.25, 0.3) is 0 Å². The summed E-state index contributed by atoms with van der Waals surface area (Å²) in [5, 5.41) is 8.68. The molecule has 1 rings (SSSR count). The van der Waals surface area contributed by atoms with Gasteiger partial charge in [0, 0.05) is 7.11 Å². The van der Waals surface area contributed by atoms with Gasteiger partial charge >= 0.3 is 0 Å². The number of benzene rings is 1. The van der Waals surface area contributed by atoms with Crippen LogP contribution in [0.5, 0.6) is 5.75 Å². The molecule has 0 spiro atoms. The number of anilines is 1. The zero-order valence-corrected chi connectivity index (χ0v) is 9.74. The summed E-state index contributed by atoms with van der Waals surface area (Å²) in [6, 6.07) is 5.31. The third kappa shape index (κ3) is 2.49. The van der Waals surface area contributed by atoms with Crippen LogP contribution in [-0.4, -0.2) is 13.9 Å². The average Bonchev–Trinajstić information content (AvgIpc) is 2.16. The molecule has 0 saturated carbocycles. The minimum atomic E-state index is 0.145. The predicted molar refractivity (Wildman–Crippen MR) is 60.8 cm³/mol. The van der Waals surface area contributed by atoms with Crippen LogP contribution in [0.15, 0.2) is 12.1 Å². The molecular formula is C9H9IN2O2. The number of hydrogen-bond acceptors (Lipinski definition) is 4. The number of halogens is 1. The minimum absolute atomic E-state index is 0.145. The molecule has 0 aliphatic heterocycles. The minimum Gasteiger partial charge on any atom is -0.464 e. The fourth-order valence-electron chi connectivity index (χ4n) is 0.949. The number of ether oxygens (including phenoxy) is 2. The van der Waals surface area contributed by atoms with Gasteiger partial charge in [0.25, 0.3) is 0 Å². The van der Waals surface area contributed by atoms with E-state index in [4.69, 9.17) is 20.5 Å². The lowest BCUT2D eigenvalue weighted by Crippen LogP contribution is -2.03. The maximum Gasteiger partial charge on any atom is 0.188 e. The van der Waals surface area contributed by atoms with Crippen LogP contribution in [0.1, 0.15) is 5.56 Å². The standard InChI is InChI=1S/C9H9IN2O2/c1-13-5-14-9-7(10)2-6(4-11)3-8(9)12/h2-3H,5,12H2,1H3. The lowest BCUT2D eigenvalue weighted by atomic mass is 10.2. The van der Waals surface area contributed by atoms with Gasteiger partial charge in [0.1, 0.15) is 0 Å². The van der Waals surface area contributed by atoms with Crippen LogP contribution in [0, 0.1) is 14.9 Å². The molecule has 74 valence electrons. The van der Waals surface area contributed by atoms with Crippen LogP contribution in [0.2, 0.25) is 0 Å². The molecule has 0 aliphatic rings. The second kappa shape index (κ2) is 5.02. The van der Waals surface area contributed by atoms with Crippen molar-refractivity contribution in [3.05, 3.63) is 21.3 Å². The Morgan fingerprint density at radius 2 is 2.29 bits per heavy atom. The zero-order valence-electron chi connectivity index (χ0n) is 7.58. The van der Waals surface area contributed by atoms with E-state index in [0.717, 1.165) is 3.57 Å². The fraction of sp³-hybridized carbons (Fsp3) is 0.222. The monoisotopic (exact) mass is 304 g/mol. The van der Waals surface area contributed by atoms with Crippen LogP contribution >= 0.6 is 22.6 Å². The largest absolute Gasteiger partial charge is 0.464 e. The molecule has 0 unspecified atom stereocenters. The Morgan fingerprint density at radius 1 is 1.57 bits per heavy atom. The van der Waals surface area contributed by atoms with E-state index in [-0.39, 0.29) is 6.79 Å². The molecule has 1 aromatic rings. The van der Waals surface area contributed by atoms with Crippen LogP contribution in [-0.2, 0) is 4.74 Å². The van der Waals surface area contributed by atoms with Gasteiger partial charge in [0.05, 0.1) is 20.9 Å². The Balaban J connectivity index is 3.01. The number of hydrogen-bond donors (Lipinski definition) is 1. The Labute approximate surface area is 95.7 Å². The van der Waals surface area contributed by atoms with Crippen LogP contribution < -0.4 is 10.5 Å². The number of nitrogens with zero attached hydrogens (tertiary/aromatic N) is 1. The van der Waals surface area contributed by atoms with E-state index in [1.807, 2.05) is 6.07 Å². The molecule has 14 heavy (non-hydrogen) atoms. The summed E-state index contributed by atoms with van der Waals surface area (Å²) in [6.45, 7) is 0.145. The van der Waals surface area contributed by atoms with Crippen molar-refractivity contribution in [1.82, 2.24) is 0 Å². The van der Waals surface area contributed by atoms with Crippen molar-refractivity contribution in [3.8, 4) is 11.8 Å². The molecule has 0 amide bonds. The molecule has 0 bridgehead atoms. The molecule has 1 aromatic carbocycles. The first-order valence-corrected chi connectivity index (χ1v) is 4.87. The Hall–Kier alpha value is -1.00. The SMILES string of the molecule is COCOc1c(N)cc(C#N)cc1I. The molecule has 5 heteroatoms. The molecule has 2 N–H and O–H groups in total. The number of nitrogen functional groups attached to an aromatic ring is 1. The van der Waals surface area contributed by atoms with Crippen molar-refractivity contribution in [1.29, 1.82) is 5.26 Å². The summed E-state index contributed by atoms with van der Waals surface area (Å²) in [6.07, 6.45) is 0. The van der Waals surface area contributed by atoms with Crippen LogP contribution in [0.4, 0.5) is 5.69 Å². The second-order valence-corrected chi connectivity index (χ2v) is 3.70. The molecule has 0 saturated heterocycles. The lowest BCUT2D eigenvalue weighted by Gasteiger charge is -2.09. The Kier molecular flexibility index (Phi) is 3.98. The molecule has 0 radical (unpaired) electrons. The highest BCUT2D eigenvalue weighted by Crippen LogP contribution is 2.29. The Bertz CT molecular complexity index is 351. The van der Waals surface area contributed by atoms with Crippen molar-refractivity contribution in [2.75, 3.05) is 19.6 Å². The van der Waals surface area contributed by atoms with Gasteiger partial charge < -0.3 is 15.2 Å². The highest BCUT2D eigenvalue weighted by Gasteiger charge is 2.07. The normalized spacial score (nSPS) is 9.50. The zero-order chi connectivity index (χ0) is 10.6. The van der Waals surface area contributed by atoms with Gasteiger partial charge in [-0.05, 0) is 34.7 Å². The van der Waals surface area contributed by atoms with Crippen molar-refractivity contribution in [3.63, 3.8) is 0 Å². The molecule has 0 atom stereocenters. The molecule has 4 nitrogen and oxygen atoms in total. The van der Waals surface area contributed by atoms with Crippen molar-refractivity contribution in [2.24, 2.45) is 0 Å². The number of rotatable bonds is 3. The van der Waals surface area contributed by atoms with E-state index in [1.165, 1.54) is 7.11 Å². The van der Waals surface area contributed by atoms with Crippen molar-refractivity contribution in [2.45, 2.75) is 0 Å². The van der Waals surface area contributed by atoms with Crippen LogP contribution in [0.3, 0.4) is 0 Å². The summed E-state index contributed by atoms with van der Waals surface area (Å²) >= 11 is 2.06. The van der Waals surface area contributed by atoms with Gasteiger partial charge in [-0.15, -0.1) is 0 Å². The first kappa shape index (κ1) is 11.1. The predicted octanol–water partition coefficient (Wildman–Crippen LogP) is 1.73. The van der Waals surface area contributed by atoms with E-state index in [2.05, 4.69) is 22.6 Å². The quantitative estimate of drug-likeness (QED) is 0.524.